The van der Waals surface area contributed by atoms with Gasteiger partial charge in [-0.2, -0.15) is 0 Å². The molecule has 1 atom stereocenters. The summed E-state index contributed by atoms with van der Waals surface area (Å²) in [6.07, 6.45) is 0.396. The van der Waals surface area contributed by atoms with Gasteiger partial charge in [-0.1, -0.05) is 33.6 Å². The standard InChI is InChI=1S/C15H15BrF2N2/c1-9-2-3-14(18)13(4-9)15(20-19)7-10-5-11(16)8-12(17)6-10/h2-6,8,15,20H,7,19H2,1H3. The van der Waals surface area contributed by atoms with E-state index in [1.165, 1.54) is 18.2 Å². The fourth-order valence-electron chi connectivity index (χ4n) is 2.15. The van der Waals surface area contributed by atoms with Crippen molar-refractivity contribution in [2.75, 3.05) is 0 Å². The van der Waals surface area contributed by atoms with E-state index in [-0.39, 0.29) is 11.6 Å². The van der Waals surface area contributed by atoms with Crippen LogP contribution in [0.15, 0.2) is 40.9 Å². The van der Waals surface area contributed by atoms with E-state index in [1.54, 1.807) is 18.2 Å². The van der Waals surface area contributed by atoms with Gasteiger partial charge in [-0.15, -0.1) is 0 Å². The topological polar surface area (TPSA) is 38.0 Å². The molecule has 0 fully saturated rings. The van der Waals surface area contributed by atoms with Crippen LogP contribution in [-0.4, -0.2) is 0 Å². The molecule has 0 spiro atoms. The van der Waals surface area contributed by atoms with Crippen LogP contribution in [0.3, 0.4) is 0 Å². The van der Waals surface area contributed by atoms with Gasteiger partial charge in [-0.3, -0.25) is 11.3 Å². The summed E-state index contributed by atoms with van der Waals surface area (Å²) in [6, 6.07) is 9.03. The molecule has 2 aromatic carbocycles. The maximum absolute atomic E-state index is 13.9. The molecule has 0 aliphatic carbocycles. The molecule has 0 amide bonds. The number of aryl methyl sites for hydroxylation is 1. The molecule has 0 aromatic heterocycles. The van der Waals surface area contributed by atoms with Crippen molar-refractivity contribution in [3.05, 3.63) is 69.2 Å². The Morgan fingerprint density at radius 1 is 1.20 bits per heavy atom. The van der Waals surface area contributed by atoms with Gasteiger partial charge in [0.1, 0.15) is 11.6 Å². The Bertz CT molecular complexity index is 597. The zero-order valence-corrected chi connectivity index (χ0v) is 12.5. The van der Waals surface area contributed by atoms with E-state index in [9.17, 15) is 8.78 Å². The van der Waals surface area contributed by atoms with E-state index in [2.05, 4.69) is 21.4 Å². The van der Waals surface area contributed by atoms with Gasteiger partial charge in [0.2, 0.25) is 0 Å². The first kappa shape index (κ1) is 15.1. The lowest BCUT2D eigenvalue weighted by molar-refractivity contribution is 0.508. The summed E-state index contributed by atoms with van der Waals surface area (Å²) >= 11 is 3.24. The Morgan fingerprint density at radius 2 is 1.95 bits per heavy atom. The molecule has 0 saturated carbocycles. The molecule has 0 saturated heterocycles. The molecule has 5 heteroatoms. The zero-order valence-electron chi connectivity index (χ0n) is 11.0. The second kappa shape index (κ2) is 6.43. The highest BCUT2D eigenvalue weighted by Gasteiger charge is 2.16. The number of nitrogens with two attached hydrogens (primary N) is 1. The average molecular weight is 341 g/mol. The Labute approximate surface area is 125 Å². The van der Waals surface area contributed by atoms with Gasteiger partial charge in [0.05, 0.1) is 6.04 Å². The molecule has 3 N–H and O–H groups in total. The Kier molecular flexibility index (Phi) is 4.86. The van der Waals surface area contributed by atoms with Gasteiger partial charge < -0.3 is 0 Å². The number of rotatable bonds is 4. The monoisotopic (exact) mass is 340 g/mol. The molecule has 2 nitrogen and oxygen atoms in total. The first-order valence-electron chi connectivity index (χ1n) is 6.16. The van der Waals surface area contributed by atoms with E-state index >= 15 is 0 Å². The van der Waals surface area contributed by atoms with Crippen molar-refractivity contribution < 1.29 is 8.78 Å². The Morgan fingerprint density at radius 3 is 2.60 bits per heavy atom. The van der Waals surface area contributed by atoms with Crippen LogP contribution in [-0.2, 0) is 6.42 Å². The van der Waals surface area contributed by atoms with Crippen molar-refractivity contribution in [3.63, 3.8) is 0 Å². The maximum Gasteiger partial charge on any atom is 0.128 e. The SMILES string of the molecule is Cc1ccc(F)c(C(Cc2cc(F)cc(Br)c2)NN)c1. The van der Waals surface area contributed by atoms with Crippen LogP contribution in [0.5, 0.6) is 0 Å². The van der Waals surface area contributed by atoms with Gasteiger partial charge in [-0.05, 0) is 43.2 Å². The Balaban J connectivity index is 2.31. The largest absolute Gasteiger partial charge is 0.271 e. The minimum absolute atomic E-state index is 0.325. The molecule has 1 unspecified atom stereocenters. The smallest absolute Gasteiger partial charge is 0.128 e. The fourth-order valence-corrected chi connectivity index (χ4v) is 2.67. The molecule has 2 rings (SSSR count). The van der Waals surface area contributed by atoms with Crippen LogP contribution in [0, 0.1) is 18.6 Å². The zero-order chi connectivity index (χ0) is 14.7. The molecule has 106 valence electrons. The third-order valence-electron chi connectivity index (χ3n) is 3.09. The highest BCUT2D eigenvalue weighted by molar-refractivity contribution is 9.10. The van der Waals surface area contributed by atoms with Crippen molar-refractivity contribution in [1.29, 1.82) is 0 Å². The predicted octanol–water partition coefficient (Wildman–Crippen LogP) is 3.78. The summed E-state index contributed by atoms with van der Waals surface area (Å²) < 4.78 is 27.9. The van der Waals surface area contributed by atoms with Crippen molar-refractivity contribution in [1.82, 2.24) is 5.43 Å². The highest BCUT2D eigenvalue weighted by atomic mass is 79.9. The quantitative estimate of drug-likeness (QED) is 0.656. The minimum atomic E-state index is -0.413. The predicted molar refractivity (Wildman–Crippen MR) is 79.0 cm³/mol. The van der Waals surface area contributed by atoms with Gasteiger partial charge >= 0.3 is 0 Å². The molecular formula is C15H15BrF2N2. The maximum atomic E-state index is 13.9. The molecular weight excluding hydrogens is 326 g/mol. The van der Waals surface area contributed by atoms with Crippen molar-refractivity contribution in [3.8, 4) is 0 Å². The molecule has 2 aromatic rings. The van der Waals surface area contributed by atoms with Crippen LogP contribution in [0.1, 0.15) is 22.7 Å². The van der Waals surface area contributed by atoms with Gasteiger partial charge in [0, 0.05) is 10.0 Å². The first-order valence-corrected chi connectivity index (χ1v) is 6.96. The van der Waals surface area contributed by atoms with E-state index in [1.807, 2.05) is 6.92 Å². The fraction of sp³-hybridized carbons (Fsp3) is 0.200. The number of nitrogens with one attached hydrogen (secondary N) is 1. The van der Waals surface area contributed by atoms with E-state index in [0.29, 0.717) is 16.5 Å². The number of hydrogen-bond acceptors (Lipinski definition) is 2. The molecule has 20 heavy (non-hydrogen) atoms. The summed E-state index contributed by atoms with van der Waals surface area (Å²) in [4.78, 5) is 0. The van der Waals surface area contributed by atoms with E-state index in [0.717, 1.165) is 11.1 Å². The second-order valence-corrected chi connectivity index (χ2v) is 5.64. The van der Waals surface area contributed by atoms with E-state index in [4.69, 9.17) is 5.84 Å². The van der Waals surface area contributed by atoms with Crippen LogP contribution in [0.4, 0.5) is 8.78 Å². The first-order chi connectivity index (χ1) is 9.49. The number of halogens is 3. The molecule has 0 radical (unpaired) electrons. The third-order valence-corrected chi connectivity index (χ3v) is 3.55. The van der Waals surface area contributed by atoms with Crippen molar-refractivity contribution in [2.24, 2.45) is 5.84 Å². The summed E-state index contributed by atoms with van der Waals surface area (Å²) in [7, 11) is 0. The lowest BCUT2D eigenvalue weighted by Crippen LogP contribution is -2.30. The average Bonchev–Trinajstić information content (AvgIpc) is 2.38. The summed E-state index contributed by atoms with van der Waals surface area (Å²) in [5.74, 6) is 4.86. The summed E-state index contributed by atoms with van der Waals surface area (Å²) in [5.41, 5.74) is 4.76. The number of hydrogen-bond donors (Lipinski definition) is 2. The lowest BCUT2D eigenvalue weighted by atomic mass is 9.97. The van der Waals surface area contributed by atoms with Crippen molar-refractivity contribution >= 4 is 15.9 Å². The highest BCUT2D eigenvalue weighted by Crippen LogP contribution is 2.24. The van der Waals surface area contributed by atoms with Crippen LogP contribution in [0.25, 0.3) is 0 Å². The second-order valence-electron chi connectivity index (χ2n) is 4.73. The van der Waals surface area contributed by atoms with Crippen LogP contribution in [0.2, 0.25) is 0 Å². The van der Waals surface area contributed by atoms with E-state index < -0.39 is 6.04 Å². The number of hydrazine groups is 1. The molecule has 0 aliphatic heterocycles. The number of benzene rings is 2. The minimum Gasteiger partial charge on any atom is -0.271 e. The summed E-state index contributed by atoms with van der Waals surface area (Å²) in [5, 5.41) is 0. The molecule has 0 heterocycles. The van der Waals surface area contributed by atoms with Gasteiger partial charge in [0.15, 0.2) is 0 Å². The van der Waals surface area contributed by atoms with Crippen molar-refractivity contribution in [2.45, 2.75) is 19.4 Å². The lowest BCUT2D eigenvalue weighted by Gasteiger charge is -2.18. The molecule has 0 bridgehead atoms. The summed E-state index contributed by atoms with van der Waals surface area (Å²) in [6.45, 7) is 1.88. The normalized spacial score (nSPS) is 12.4. The van der Waals surface area contributed by atoms with Gasteiger partial charge in [-0.25, -0.2) is 8.78 Å². The molecule has 0 aliphatic rings. The van der Waals surface area contributed by atoms with Gasteiger partial charge in [0.25, 0.3) is 0 Å². The Hall–Kier alpha value is -1.30. The van der Waals surface area contributed by atoms with Crippen LogP contribution < -0.4 is 11.3 Å². The van der Waals surface area contributed by atoms with Crippen LogP contribution >= 0.6 is 15.9 Å². The third kappa shape index (κ3) is 3.62.